The predicted molar refractivity (Wildman–Crippen MR) is 124 cm³/mol. The molecule has 1 atom stereocenters. The number of benzene rings is 1. The Kier molecular flexibility index (Phi) is 9.51. The van der Waals surface area contributed by atoms with E-state index in [0.717, 1.165) is 32.4 Å². The first-order valence-corrected chi connectivity index (χ1v) is 11.9. The van der Waals surface area contributed by atoms with Crippen molar-refractivity contribution in [3.05, 3.63) is 40.7 Å². The standard InChI is InChI=1S/C24H33ClFN3O3/c25-21-17-19(6-8-22(21)26)7-9-23(31)29-14-10-24(32)28(15-16-29)13-4-3-12-27-11-2-1-5-20(27)18-30/h6-9,17,20,30H,1-5,10-16,18H2/b9-7+. The molecule has 2 aliphatic heterocycles. The fraction of sp³-hybridized carbons (Fsp3) is 0.583. The molecule has 0 radical (unpaired) electrons. The number of hydrogen-bond donors (Lipinski definition) is 1. The van der Waals surface area contributed by atoms with Crippen molar-refractivity contribution >= 4 is 29.5 Å². The summed E-state index contributed by atoms with van der Waals surface area (Å²) in [5.74, 6) is -0.577. The van der Waals surface area contributed by atoms with Crippen LogP contribution in [0.1, 0.15) is 44.1 Å². The minimum Gasteiger partial charge on any atom is -0.395 e. The molecule has 2 saturated heterocycles. The normalized spacial score (nSPS) is 20.7. The van der Waals surface area contributed by atoms with E-state index in [1.165, 1.54) is 31.1 Å². The van der Waals surface area contributed by atoms with E-state index in [2.05, 4.69) is 4.90 Å². The molecule has 2 aliphatic rings. The largest absolute Gasteiger partial charge is 0.395 e. The van der Waals surface area contributed by atoms with Crippen LogP contribution in [0.3, 0.4) is 0 Å². The molecular weight excluding hydrogens is 433 g/mol. The van der Waals surface area contributed by atoms with Crippen LogP contribution in [0.4, 0.5) is 4.39 Å². The monoisotopic (exact) mass is 465 g/mol. The maximum Gasteiger partial charge on any atom is 0.246 e. The number of nitrogens with zero attached hydrogens (tertiary/aromatic N) is 3. The van der Waals surface area contributed by atoms with Gasteiger partial charge >= 0.3 is 0 Å². The van der Waals surface area contributed by atoms with Crippen LogP contribution in [0.5, 0.6) is 0 Å². The van der Waals surface area contributed by atoms with Gasteiger partial charge in [-0.2, -0.15) is 0 Å². The number of rotatable bonds is 8. The van der Waals surface area contributed by atoms with E-state index in [-0.39, 0.29) is 29.5 Å². The van der Waals surface area contributed by atoms with E-state index in [1.807, 2.05) is 4.90 Å². The molecule has 176 valence electrons. The highest BCUT2D eigenvalue weighted by Crippen LogP contribution is 2.18. The Bertz CT molecular complexity index is 820. The van der Waals surface area contributed by atoms with Crippen LogP contribution in [-0.4, -0.2) is 83.5 Å². The number of carbonyl (C=O) groups excluding carboxylic acids is 2. The average molecular weight is 466 g/mol. The van der Waals surface area contributed by atoms with Crippen molar-refractivity contribution in [2.75, 3.05) is 45.9 Å². The molecule has 6 nitrogen and oxygen atoms in total. The third-order valence-corrected chi connectivity index (χ3v) is 6.63. The topological polar surface area (TPSA) is 64.1 Å². The third kappa shape index (κ3) is 7.02. The van der Waals surface area contributed by atoms with Crippen LogP contribution in [-0.2, 0) is 9.59 Å². The minimum absolute atomic E-state index is 0.0165. The summed E-state index contributed by atoms with van der Waals surface area (Å²) in [6, 6.07) is 4.58. The molecule has 0 spiro atoms. The van der Waals surface area contributed by atoms with Crippen LogP contribution in [0.25, 0.3) is 6.08 Å². The Hall–Kier alpha value is -1.96. The molecule has 0 saturated carbocycles. The van der Waals surface area contributed by atoms with Gasteiger partial charge in [0.25, 0.3) is 0 Å². The van der Waals surface area contributed by atoms with Gasteiger partial charge < -0.3 is 14.9 Å². The van der Waals surface area contributed by atoms with Crippen molar-refractivity contribution in [3.8, 4) is 0 Å². The van der Waals surface area contributed by atoms with Crippen molar-refractivity contribution in [1.82, 2.24) is 14.7 Å². The number of amides is 2. The van der Waals surface area contributed by atoms with Crippen molar-refractivity contribution < 1.29 is 19.1 Å². The molecule has 0 bridgehead atoms. The highest BCUT2D eigenvalue weighted by molar-refractivity contribution is 6.30. The summed E-state index contributed by atoms with van der Waals surface area (Å²) in [7, 11) is 0. The van der Waals surface area contributed by atoms with Gasteiger partial charge in [0.2, 0.25) is 11.8 Å². The van der Waals surface area contributed by atoms with Crippen LogP contribution in [0.15, 0.2) is 24.3 Å². The van der Waals surface area contributed by atoms with Crippen LogP contribution in [0, 0.1) is 5.82 Å². The van der Waals surface area contributed by atoms with Gasteiger partial charge in [-0.25, -0.2) is 4.39 Å². The van der Waals surface area contributed by atoms with Crippen molar-refractivity contribution in [2.45, 2.75) is 44.6 Å². The Morgan fingerprint density at radius 2 is 1.97 bits per heavy atom. The predicted octanol–water partition coefficient (Wildman–Crippen LogP) is 3.18. The maximum atomic E-state index is 13.3. The van der Waals surface area contributed by atoms with Gasteiger partial charge in [-0.15, -0.1) is 0 Å². The Labute approximate surface area is 194 Å². The zero-order chi connectivity index (χ0) is 22.9. The molecule has 0 aliphatic carbocycles. The van der Waals surface area contributed by atoms with E-state index < -0.39 is 5.82 Å². The van der Waals surface area contributed by atoms with Crippen molar-refractivity contribution in [1.29, 1.82) is 0 Å². The lowest BCUT2D eigenvalue weighted by molar-refractivity contribution is -0.130. The molecule has 2 amide bonds. The SMILES string of the molecule is O=C(/C=C/c1ccc(F)c(Cl)c1)N1CCC(=O)N(CCCCN2CCCCC2CO)CC1. The van der Waals surface area contributed by atoms with Crippen LogP contribution >= 0.6 is 11.6 Å². The summed E-state index contributed by atoms with van der Waals surface area (Å²) in [5, 5.41) is 9.55. The second-order valence-corrected chi connectivity index (χ2v) is 8.95. The van der Waals surface area contributed by atoms with E-state index in [9.17, 15) is 19.1 Å². The number of carbonyl (C=O) groups is 2. The first-order chi connectivity index (χ1) is 15.5. The van der Waals surface area contributed by atoms with E-state index in [1.54, 1.807) is 17.0 Å². The maximum absolute atomic E-state index is 13.3. The fourth-order valence-electron chi connectivity index (χ4n) is 4.39. The van der Waals surface area contributed by atoms with Gasteiger partial charge in [0, 0.05) is 44.7 Å². The fourth-order valence-corrected chi connectivity index (χ4v) is 4.58. The highest BCUT2D eigenvalue weighted by atomic mass is 35.5. The van der Waals surface area contributed by atoms with Gasteiger partial charge in [0.15, 0.2) is 0 Å². The number of piperidine rings is 1. The smallest absolute Gasteiger partial charge is 0.246 e. The molecular formula is C24H33ClFN3O3. The summed E-state index contributed by atoms with van der Waals surface area (Å²) < 4.78 is 13.3. The Balaban J connectivity index is 1.43. The zero-order valence-corrected chi connectivity index (χ0v) is 19.3. The zero-order valence-electron chi connectivity index (χ0n) is 18.5. The molecule has 8 heteroatoms. The van der Waals surface area contributed by atoms with E-state index in [4.69, 9.17) is 11.6 Å². The van der Waals surface area contributed by atoms with E-state index in [0.29, 0.717) is 38.2 Å². The first-order valence-electron chi connectivity index (χ1n) is 11.5. The molecule has 32 heavy (non-hydrogen) atoms. The van der Waals surface area contributed by atoms with Crippen LogP contribution in [0.2, 0.25) is 5.02 Å². The number of aliphatic hydroxyl groups is 1. The van der Waals surface area contributed by atoms with E-state index >= 15 is 0 Å². The first kappa shape index (κ1) is 24.7. The molecule has 1 aromatic carbocycles. The molecule has 1 N–H and O–H groups in total. The summed E-state index contributed by atoms with van der Waals surface area (Å²) in [4.78, 5) is 31.0. The quantitative estimate of drug-likeness (QED) is 0.473. The molecule has 2 heterocycles. The van der Waals surface area contributed by atoms with Gasteiger partial charge in [-0.1, -0.05) is 24.1 Å². The third-order valence-electron chi connectivity index (χ3n) is 6.34. The summed E-state index contributed by atoms with van der Waals surface area (Å²) in [6.45, 7) is 4.34. The molecule has 2 fully saturated rings. The average Bonchev–Trinajstić information content (AvgIpc) is 2.99. The molecule has 0 aromatic heterocycles. The second-order valence-electron chi connectivity index (χ2n) is 8.54. The Morgan fingerprint density at radius 3 is 2.75 bits per heavy atom. The lowest BCUT2D eigenvalue weighted by Gasteiger charge is -2.34. The summed E-state index contributed by atoms with van der Waals surface area (Å²) in [5.41, 5.74) is 0.648. The summed E-state index contributed by atoms with van der Waals surface area (Å²) >= 11 is 5.78. The summed E-state index contributed by atoms with van der Waals surface area (Å²) in [6.07, 6.45) is 8.72. The number of aliphatic hydroxyl groups excluding tert-OH is 1. The van der Waals surface area contributed by atoms with Gasteiger partial charge in [-0.05, 0) is 62.5 Å². The van der Waals surface area contributed by atoms with Gasteiger partial charge in [0.1, 0.15) is 5.82 Å². The van der Waals surface area contributed by atoms with Crippen molar-refractivity contribution in [3.63, 3.8) is 0 Å². The lowest BCUT2D eigenvalue weighted by Crippen LogP contribution is -2.42. The minimum atomic E-state index is -0.495. The van der Waals surface area contributed by atoms with Crippen LogP contribution < -0.4 is 0 Å². The molecule has 1 unspecified atom stereocenters. The molecule has 1 aromatic rings. The Morgan fingerprint density at radius 1 is 1.16 bits per heavy atom. The lowest BCUT2D eigenvalue weighted by atomic mass is 10.0. The van der Waals surface area contributed by atoms with Gasteiger partial charge in [-0.3, -0.25) is 14.5 Å². The molecule has 3 rings (SSSR count). The second kappa shape index (κ2) is 12.3. The number of hydrogen-bond acceptors (Lipinski definition) is 4. The number of halogens is 2. The van der Waals surface area contributed by atoms with Crippen molar-refractivity contribution in [2.24, 2.45) is 0 Å². The highest BCUT2D eigenvalue weighted by Gasteiger charge is 2.23. The number of likely N-dealkylation sites (tertiary alicyclic amines) is 1. The van der Waals surface area contributed by atoms with Gasteiger partial charge in [0.05, 0.1) is 11.6 Å². The number of unbranched alkanes of at least 4 members (excludes halogenated alkanes) is 1.